The second-order valence-corrected chi connectivity index (χ2v) is 4.25. The first-order valence-electron chi connectivity index (χ1n) is 4.64. The van der Waals surface area contributed by atoms with E-state index >= 15 is 0 Å². The molecular weight excluding hydrogens is 256 g/mol. The summed E-state index contributed by atoms with van der Waals surface area (Å²) in [5.41, 5.74) is 7.98. The maximum absolute atomic E-state index is 6.00. The van der Waals surface area contributed by atoms with Crippen LogP contribution in [0.5, 0.6) is 0 Å². The average molecular weight is 267 g/mol. The highest BCUT2D eigenvalue weighted by molar-refractivity contribution is 9.10. The molecule has 0 saturated carbocycles. The highest BCUT2D eigenvalue weighted by atomic mass is 79.9. The Bertz CT molecular complexity index is 411. The summed E-state index contributed by atoms with van der Waals surface area (Å²) in [6.45, 7) is 0. The lowest BCUT2D eigenvalue weighted by atomic mass is 10.1. The van der Waals surface area contributed by atoms with E-state index in [2.05, 4.69) is 20.9 Å². The number of nitrogens with zero attached hydrogens (tertiary/aromatic N) is 1. The molecule has 4 heteroatoms. The molecule has 2 heterocycles. The molecule has 0 aliphatic rings. The molecule has 0 fully saturated rings. The van der Waals surface area contributed by atoms with Gasteiger partial charge in [0.2, 0.25) is 0 Å². The lowest BCUT2D eigenvalue weighted by Gasteiger charge is -2.08. The largest absolute Gasteiger partial charge is 0.472 e. The van der Waals surface area contributed by atoms with E-state index in [-0.39, 0.29) is 6.04 Å². The predicted octanol–water partition coefficient (Wildman–Crippen LogP) is 2.68. The predicted molar refractivity (Wildman–Crippen MR) is 61.3 cm³/mol. The molecule has 78 valence electrons. The first kappa shape index (κ1) is 10.4. The van der Waals surface area contributed by atoms with Crippen LogP contribution in [0.25, 0.3) is 0 Å². The third-order valence-corrected chi connectivity index (χ3v) is 2.66. The van der Waals surface area contributed by atoms with Gasteiger partial charge < -0.3 is 10.2 Å². The number of nitrogens with two attached hydrogens (primary N) is 1. The van der Waals surface area contributed by atoms with Crippen LogP contribution in [-0.4, -0.2) is 4.98 Å². The maximum atomic E-state index is 6.00. The van der Waals surface area contributed by atoms with Gasteiger partial charge in [0.15, 0.2) is 0 Å². The average Bonchev–Trinajstić information content (AvgIpc) is 2.74. The summed E-state index contributed by atoms with van der Waals surface area (Å²) in [5.74, 6) is 0. The maximum Gasteiger partial charge on any atom is 0.0950 e. The SMILES string of the molecule is NC(Cc1ccc(Br)cn1)c1ccoc1. The van der Waals surface area contributed by atoms with Crippen LogP contribution in [-0.2, 0) is 6.42 Å². The number of rotatable bonds is 3. The van der Waals surface area contributed by atoms with Crippen molar-refractivity contribution in [1.29, 1.82) is 0 Å². The van der Waals surface area contributed by atoms with Crippen LogP contribution in [0.15, 0.2) is 45.8 Å². The molecule has 2 rings (SSSR count). The fourth-order valence-corrected chi connectivity index (χ4v) is 1.59. The minimum Gasteiger partial charge on any atom is -0.472 e. The Hall–Kier alpha value is -1.13. The second-order valence-electron chi connectivity index (χ2n) is 3.34. The van der Waals surface area contributed by atoms with Gasteiger partial charge in [-0.1, -0.05) is 0 Å². The lowest BCUT2D eigenvalue weighted by Crippen LogP contribution is -2.13. The standard InChI is InChI=1S/C11H11BrN2O/c12-9-1-2-10(14-6-9)5-11(13)8-3-4-15-7-8/h1-4,6-7,11H,5,13H2. The topological polar surface area (TPSA) is 52.0 Å². The zero-order chi connectivity index (χ0) is 10.7. The minimum atomic E-state index is -0.0579. The summed E-state index contributed by atoms with van der Waals surface area (Å²) in [6, 6.07) is 5.75. The molecule has 0 saturated heterocycles. The molecule has 0 bridgehead atoms. The molecule has 1 atom stereocenters. The van der Waals surface area contributed by atoms with E-state index in [4.69, 9.17) is 10.2 Å². The van der Waals surface area contributed by atoms with Crippen molar-refractivity contribution >= 4 is 15.9 Å². The van der Waals surface area contributed by atoms with Crippen molar-refractivity contribution in [3.8, 4) is 0 Å². The Morgan fingerprint density at radius 1 is 1.40 bits per heavy atom. The highest BCUT2D eigenvalue weighted by Crippen LogP contribution is 2.16. The van der Waals surface area contributed by atoms with Crippen molar-refractivity contribution in [1.82, 2.24) is 4.98 Å². The fraction of sp³-hybridized carbons (Fsp3) is 0.182. The van der Waals surface area contributed by atoms with Gasteiger partial charge in [0.1, 0.15) is 0 Å². The number of pyridine rings is 1. The van der Waals surface area contributed by atoms with Gasteiger partial charge in [-0.15, -0.1) is 0 Å². The van der Waals surface area contributed by atoms with Crippen molar-refractivity contribution in [2.75, 3.05) is 0 Å². The van der Waals surface area contributed by atoms with Crippen LogP contribution >= 0.6 is 15.9 Å². The van der Waals surface area contributed by atoms with Gasteiger partial charge in [-0.05, 0) is 34.1 Å². The number of aromatic nitrogens is 1. The summed E-state index contributed by atoms with van der Waals surface area (Å²) < 4.78 is 5.96. The van der Waals surface area contributed by atoms with Gasteiger partial charge in [0, 0.05) is 34.4 Å². The molecule has 15 heavy (non-hydrogen) atoms. The summed E-state index contributed by atoms with van der Waals surface area (Å²) in [7, 11) is 0. The van der Waals surface area contributed by atoms with Crippen molar-refractivity contribution in [3.05, 3.63) is 52.7 Å². The van der Waals surface area contributed by atoms with Gasteiger partial charge in [0.25, 0.3) is 0 Å². The molecule has 0 aliphatic heterocycles. The fourth-order valence-electron chi connectivity index (χ4n) is 1.36. The summed E-state index contributed by atoms with van der Waals surface area (Å²) >= 11 is 3.34. The van der Waals surface area contributed by atoms with Crippen molar-refractivity contribution in [2.45, 2.75) is 12.5 Å². The van der Waals surface area contributed by atoms with E-state index in [1.807, 2.05) is 18.2 Å². The Kier molecular flexibility index (Phi) is 3.18. The van der Waals surface area contributed by atoms with Crippen molar-refractivity contribution in [3.63, 3.8) is 0 Å². The van der Waals surface area contributed by atoms with Gasteiger partial charge in [-0.3, -0.25) is 4.98 Å². The number of furan rings is 1. The van der Waals surface area contributed by atoms with Crippen LogP contribution in [0.1, 0.15) is 17.3 Å². The molecule has 0 radical (unpaired) electrons. The van der Waals surface area contributed by atoms with E-state index in [9.17, 15) is 0 Å². The molecular formula is C11H11BrN2O. The minimum absolute atomic E-state index is 0.0579. The van der Waals surface area contributed by atoms with Crippen LogP contribution in [0.3, 0.4) is 0 Å². The third kappa shape index (κ3) is 2.67. The molecule has 0 spiro atoms. The molecule has 2 N–H and O–H groups in total. The molecule has 3 nitrogen and oxygen atoms in total. The van der Waals surface area contributed by atoms with E-state index in [0.717, 1.165) is 15.7 Å². The third-order valence-electron chi connectivity index (χ3n) is 2.19. The van der Waals surface area contributed by atoms with Crippen molar-refractivity contribution < 1.29 is 4.42 Å². The Labute approximate surface area is 96.4 Å². The molecule has 0 aromatic carbocycles. The lowest BCUT2D eigenvalue weighted by molar-refractivity contribution is 0.558. The van der Waals surface area contributed by atoms with Crippen molar-refractivity contribution in [2.24, 2.45) is 5.73 Å². The molecule has 1 unspecified atom stereocenters. The van der Waals surface area contributed by atoms with E-state index in [1.165, 1.54) is 0 Å². The van der Waals surface area contributed by atoms with Gasteiger partial charge in [-0.2, -0.15) is 0 Å². The van der Waals surface area contributed by atoms with E-state index < -0.39 is 0 Å². The molecule has 0 amide bonds. The van der Waals surface area contributed by atoms with Crippen LogP contribution in [0, 0.1) is 0 Å². The van der Waals surface area contributed by atoms with E-state index in [0.29, 0.717) is 6.42 Å². The van der Waals surface area contributed by atoms with E-state index in [1.54, 1.807) is 18.7 Å². The van der Waals surface area contributed by atoms with Crippen LogP contribution < -0.4 is 5.73 Å². The Balaban J connectivity index is 2.06. The van der Waals surface area contributed by atoms with Gasteiger partial charge >= 0.3 is 0 Å². The first-order chi connectivity index (χ1) is 7.25. The van der Waals surface area contributed by atoms with Crippen LogP contribution in [0.4, 0.5) is 0 Å². The quantitative estimate of drug-likeness (QED) is 0.930. The molecule has 0 aliphatic carbocycles. The Morgan fingerprint density at radius 2 is 2.27 bits per heavy atom. The smallest absolute Gasteiger partial charge is 0.0950 e. The highest BCUT2D eigenvalue weighted by Gasteiger charge is 2.08. The summed E-state index contributed by atoms with van der Waals surface area (Å²) in [6.07, 6.45) is 5.79. The second kappa shape index (κ2) is 4.59. The number of halogens is 1. The molecule has 2 aromatic rings. The summed E-state index contributed by atoms with van der Waals surface area (Å²) in [4.78, 5) is 4.27. The normalized spacial score (nSPS) is 12.7. The number of hydrogen-bond donors (Lipinski definition) is 1. The zero-order valence-electron chi connectivity index (χ0n) is 8.06. The van der Waals surface area contributed by atoms with Crippen LogP contribution in [0.2, 0.25) is 0 Å². The first-order valence-corrected chi connectivity index (χ1v) is 5.43. The van der Waals surface area contributed by atoms with Gasteiger partial charge in [-0.25, -0.2) is 0 Å². The Morgan fingerprint density at radius 3 is 2.87 bits per heavy atom. The molecule has 2 aromatic heterocycles. The van der Waals surface area contributed by atoms with Gasteiger partial charge in [0.05, 0.1) is 12.5 Å². The summed E-state index contributed by atoms with van der Waals surface area (Å²) in [5, 5.41) is 0. The zero-order valence-corrected chi connectivity index (χ0v) is 9.65. The monoisotopic (exact) mass is 266 g/mol. The number of hydrogen-bond acceptors (Lipinski definition) is 3.